The van der Waals surface area contributed by atoms with Gasteiger partial charge in [-0.25, -0.2) is 8.78 Å². The van der Waals surface area contributed by atoms with Crippen LogP contribution in [-0.2, 0) is 0 Å². The normalized spacial score (nSPS) is 12.0. The SMILES string of the molecule is Cl.NC(CCO)c1ccc(F)c(F)c1. The van der Waals surface area contributed by atoms with E-state index in [9.17, 15) is 8.78 Å². The summed E-state index contributed by atoms with van der Waals surface area (Å²) >= 11 is 0. The number of benzene rings is 1. The zero-order valence-corrected chi connectivity index (χ0v) is 8.23. The van der Waals surface area contributed by atoms with Gasteiger partial charge in [-0.05, 0) is 24.1 Å². The van der Waals surface area contributed by atoms with E-state index in [4.69, 9.17) is 10.8 Å². The van der Waals surface area contributed by atoms with Crippen LogP contribution in [0.3, 0.4) is 0 Å². The van der Waals surface area contributed by atoms with Crippen LogP contribution in [0.1, 0.15) is 18.0 Å². The minimum absolute atomic E-state index is 0. The van der Waals surface area contributed by atoms with Crippen molar-refractivity contribution >= 4 is 12.4 Å². The van der Waals surface area contributed by atoms with E-state index in [1.165, 1.54) is 6.07 Å². The molecule has 1 rings (SSSR count). The Morgan fingerprint density at radius 3 is 2.43 bits per heavy atom. The van der Waals surface area contributed by atoms with E-state index >= 15 is 0 Å². The Balaban J connectivity index is 0.00000169. The van der Waals surface area contributed by atoms with Gasteiger partial charge in [0, 0.05) is 12.6 Å². The quantitative estimate of drug-likeness (QED) is 0.821. The summed E-state index contributed by atoms with van der Waals surface area (Å²) in [6, 6.07) is 3.05. The molecule has 1 atom stereocenters. The van der Waals surface area contributed by atoms with Crippen LogP contribution < -0.4 is 5.73 Å². The fraction of sp³-hybridized carbons (Fsp3) is 0.333. The van der Waals surface area contributed by atoms with E-state index in [0.717, 1.165) is 12.1 Å². The van der Waals surface area contributed by atoms with Crippen molar-refractivity contribution in [3.63, 3.8) is 0 Å². The van der Waals surface area contributed by atoms with Crippen LogP contribution in [0.2, 0.25) is 0 Å². The van der Waals surface area contributed by atoms with Crippen molar-refractivity contribution < 1.29 is 13.9 Å². The number of hydrogen-bond donors (Lipinski definition) is 2. The van der Waals surface area contributed by atoms with Gasteiger partial charge in [-0.1, -0.05) is 6.07 Å². The summed E-state index contributed by atoms with van der Waals surface area (Å²) in [5.41, 5.74) is 6.07. The summed E-state index contributed by atoms with van der Waals surface area (Å²) in [6.07, 6.45) is 0.338. The molecule has 0 aliphatic rings. The van der Waals surface area contributed by atoms with Crippen molar-refractivity contribution in [1.29, 1.82) is 0 Å². The first-order chi connectivity index (χ1) is 6.15. The lowest BCUT2D eigenvalue weighted by Gasteiger charge is -2.09. The highest BCUT2D eigenvalue weighted by molar-refractivity contribution is 5.85. The van der Waals surface area contributed by atoms with Gasteiger partial charge in [-0.15, -0.1) is 12.4 Å². The molecule has 80 valence electrons. The molecule has 1 aromatic carbocycles. The molecule has 3 N–H and O–H groups in total. The van der Waals surface area contributed by atoms with Gasteiger partial charge < -0.3 is 10.8 Å². The number of rotatable bonds is 3. The predicted molar refractivity (Wildman–Crippen MR) is 52.2 cm³/mol. The van der Waals surface area contributed by atoms with Gasteiger partial charge in [0.25, 0.3) is 0 Å². The third-order valence-corrected chi connectivity index (χ3v) is 1.81. The lowest BCUT2D eigenvalue weighted by atomic mass is 10.1. The van der Waals surface area contributed by atoms with Gasteiger partial charge in [-0.3, -0.25) is 0 Å². The fourth-order valence-electron chi connectivity index (χ4n) is 1.05. The minimum atomic E-state index is -0.911. The molecule has 0 amide bonds. The van der Waals surface area contributed by atoms with Crippen LogP contribution in [0, 0.1) is 11.6 Å². The highest BCUT2D eigenvalue weighted by Crippen LogP contribution is 2.16. The maximum Gasteiger partial charge on any atom is 0.159 e. The molecule has 0 saturated heterocycles. The van der Waals surface area contributed by atoms with Gasteiger partial charge in [0.15, 0.2) is 11.6 Å². The van der Waals surface area contributed by atoms with Crippen molar-refractivity contribution in [2.24, 2.45) is 5.73 Å². The molecule has 1 aromatic rings. The van der Waals surface area contributed by atoms with Gasteiger partial charge >= 0.3 is 0 Å². The van der Waals surface area contributed by atoms with E-state index in [2.05, 4.69) is 0 Å². The summed E-state index contributed by atoms with van der Waals surface area (Å²) in [7, 11) is 0. The van der Waals surface area contributed by atoms with E-state index < -0.39 is 17.7 Å². The van der Waals surface area contributed by atoms with Crippen molar-refractivity contribution in [3.05, 3.63) is 35.4 Å². The molecule has 0 heterocycles. The first kappa shape index (κ1) is 13.3. The summed E-state index contributed by atoms with van der Waals surface area (Å²) in [4.78, 5) is 0. The summed E-state index contributed by atoms with van der Waals surface area (Å²) in [5, 5.41) is 8.57. The fourth-order valence-corrected chi connectivity index (χ4v) is 1.05. The lowest BCUT2D eigenvalue weighted by Crippen LogP contribution is -2.12. The second kappa shape index (κ2) is 5.90. The van der Waals surface area contributed by atoms with Crippen LogP contribution in [-0.4, -0.2) is 11.7 Å². The van der Waals surface area contributed by atoms with Crippen LogP contribution in [0.15, 0.2) is 18.2 Å². The van der Waals surface area contributed by atoms with Crippen molar-refractivity contribution in [1.82, 2.24) is 0 Å². The molecule has 2 nitrogen and oxygen atoms in total. The van der Waals surface area contributed by atoms with Gasteiger partial charge in [0.05, 0.1) is 0 Å². The highest BCUT2D eigenvalue weighted by Gasteiger charge is 2.08. The molecule has 5 heteroatoms. The second-order valence-corrected chi connectivity index (χ2v) is 2.79. The molecule has 0 spiro atoms. The Morgan fingerprint density at radius 1 is 1.29 bits per heavy atom. The monoisotopic (exact) mass is 223 g/mol. The number of hydrogen-bond acceptors (Lipinski definition) is 2. The van der Waals surface area contributed by atoms with Crippen LogP contribution in [0.4, 0.5) is 8.78 Å². The molecule has 0 fully saturated rings. The standard InChI is InChI=1S/C9H11F2NO.ClH/c10-7-2-1-6(5-8(7)11)9(12)3-4-13;/h1-2,5,9,13H,3-4,12H2;1H. The highest BCUT2D eigenvalue weighted by atomic mass is 35.5. The summed E-state index contributed by atoms with van der Waals surface area (Å²) in [6.45, 7) is -0.0693. The van der Waals surface area contributed by atoms with Crippen LogP contribution in [0.25, 0.3) is 0 Å². The lowest BCUT2D eigenvalue weighted by molar-refractivity contribution is 0.276. The number of halogens is 3. The smallest absolute Gasteiger partial charge is 0.159 e. The van der Waals surface area contributed by atoms with Crippen LogP contribution in [0.5, 0.6) is 0 Å². The number of nitrogens with two attached hydrogens (primary N) is 1. The average molecular weight is 224 g/mol. The number of aliphatic hydroxyl groups is 1. The summed E-state index contributed by atoms with van der Waals surface area (Å²) < 4.78 is 25.2. The van der Waals surface area contributed by atoms with E-state index in [0.29, 0.717) is 12.0 Å². The van der Waals surface area contributed by atoms with E-state index in [-0.39, 0.29) is 19.0 Å². The summed E-state index contributed by atoms with van der Waals surface area (Å²) in [5.74, 6) is -1.80. The first-order valence-electron chi connectivity index (χ1n) is 3.96. The largest absolute Gasteiger partial charge is 0.396 e. The molecule has 0 bridgehead atoms. The predicted octanol–water partition coefficient (Wildman–Crippen LogP) is 1.77. The van der Waals surface area contributed by atoms with E-state index in [1.807, 2.05) is 0 Å². The third kappa shape index (κ3) is 3.21. The molecule has 0 aliphatic heterocycles. The van der Waals surface area contributed by atoms with Crippen molar-refractivity contribution in [2.75, 3.05) is 6.61 Å². The molecule has 0 saturated carbocycles. The van der Waals surface area contributed by atoms with Gasteiger partial charge in [0.1, 0.15) is 0 Å². The van der Waals surface area contributed by atoms with Gasteiger partial charge in [0.2, 0.25) is 0 Å². The molecule has 14 heavy (non-hydrogen) atoms. The van der Waals surface area contributed by atoms with Crippen LogP contribution >= 0.6 is 12.4 Å². The minimum Gasteiger partial charge on any atom is -0.396 e. The Labute approximate surface area is 87.1 Å². The Morgan fingerprint density at radius 2 is 1.93 bits per heavy atom. The van der Waals surface area contributed by atoms with Crippen molar-refractivity contribution in [3.8, 4) is 0 Å². The maximum absolute atomic E-state index is 12.7. The van der Waals surface area contributed by atoms with E-state index in [1.54, 1.807) is 0 Å². The first-order valence-corrected chi connectivity index (χ1v) is 3.96. The Bertz CT molecular complexity index is 296. The molecule has 0 radical (unpaired) electrons. The van der Waals surface area contributed by atoms with Gasteiger partial charge in [-0.2, -0.15) is 0 Å². The molecule has 1 unspecified atom stereocenters. The third-order valence-electron chi connectivity index (χ3n) is 1.81. The Hall–Kier alpha value is -0.710. The average Bonchev–Trinajstić information content (AvgIpc) is 2.10. The second-order valence-electron chi connectivity index (χ2n) is 2.79. The topological polar surface area (TPSA) is 46.2 Å². The van der Waals surface area contributed by atoms with Crippen molar-refractivity contribution in [2.45, 2.75) is 12.5 Å². The number of aliphatic hydroxyl groups excluding tert-OH is 1. The molecular weight excluding hydrogens is 212 g/mol. The molecular formula is C9H12ClF2NO. The molecule has 0 aliphatic carbocycles. The Kier molecular flexibility index (Phi) is 5.60. The molecule has 0 aromatic heterocycles. The zero-order valence-electron chi connectivity index (χ0n) is 7.41. The maximum atomic E-state index is 12.7. The zero-order chi connectivity index (χ0) is 9.84.